The highest BCUT2D eigenvalue weighted by Crippen LogP contribution is 2.28. The zero-order valence-electron chi connectivity index (χ0n) is 12.2. The Bertz CT molecular complexity index is 962. The van der Waals surface area contributed by atoms with Gasteiger partial charge in [-0.15, -0.1) is 0 Å². The Kier molecular flexibility index (Phi) is 4.27. The third kappa shape index (κ3) is 3.17. The Morgan fingerprint density at radius 1 is 1.35 bits per heavy atom. The summed E-state index contributed by atoms with van der Waals surface area (Å²) in [5.41, 5.74) is 0.897. The minimum absolute atomic E-state index is 0.116. The number of H-pyrrole nitrogens is 1. The number of nitrogens with zero attached hydrogens (tertiary/aromatic N) is 2. The number of anilines is 1. The molecule has 0 radical (unpaired) electrons. The van der Waals surface area contributed by atoms with Gasteiger partial charge in [0.05, 0.1) is 6.20 Å². The van der Waals surface area contributed by atoms with Crippen molar-refractivity contribution in [3.8, 4) is 0 Å². The van der Waals surface area contributed by atoms with Crippen LogP contribution in [0.5, 0.6) is 0 Å². The molecule has 2 heterocycles. The van der Waals surface area contributed by atoms with Crippen LogP contribution in [0.15, 0.2) is 35.5 Å². The number of aryl methyl sites for hydroxylation is 1. The number of halogens is 2. The number of aromatic amines is 1. The lowest BCUT2D eigenvalue weighted by Crippen LogP contribution is -2.12. The van der Waals surface area contributed by atoms with Crippen LogP contribution in [0, 0.1) is 0 Å². The number of sulfonamides is 1. The first-order valence-corrected chi connectivity index (χ1v) is 9.17. The number of fused-ring (bicyclic) bond motifs is 1. The molecule has 0 saturated carbocycles. The molecule has 3 rings (SSSR count). The molecule has 2 aromatic heterocycles. The van der Waals surface area contributed by atoms with Crippen LogP contribution >= 0.6 is 23.2 Å². The van der Waals surface area contributed by atoms with Crippen molar-refractivity contribution in [1.29, 1.82) is 0 Å². The number of hydrogen-bond donors (Lipinski definition) is 2. The first-order chi connectivity index (χ1) is 10.9. The monoisotopic (exact) mass is 372 g/mol. The van der Waals surface area contributed by atoms with Crippen molar-refractivity contribution in [2.75, 3.05) is 4.72 Å². The molecule has 0 fully saturated rings. The lowest BCUT2D eigenvalue weighted by atomic mass is 10.2. The molecular weight excluding hydrogens is 359 g/mol. The molecule has 0 atom stereocenters. The van der Waals surface area contributed by atoms with Gasteiger partial charge in [0.1, 0.15) is 10.6 Å². The predicted octanol–water partition coefficient (Wildman–Crippen LogP) is 3.88. The third-order valence-corrected chi connectivity index (χ3v) is 5.23. The topological polar surface area (TPSA) is 79.8 Å². The van der Waals surface area contributed by atoms with Crippen molar-refractivity contribution in [3.05, 3.63) is 40.8 Å². The summed E-state index contributed by atoms with van der Waals surface area (Å²) in [6, 6.07) is 4.97. The van der Waals surface area contributed by atoms with Crippen LogP contribution in [-0.4, -0.2) is 23.2 Å². The van der Waals surface area contributed by atoms with Crippen molar-refractivity contribution in [2.24, 2.45) is 0 Å². The molecular formula is C14H14Cl2N4O2S. The molecule has 0 spiro atoms. The third-order valence-electron chi connectivity index (χ3n) is 3.31. The Morgan fingerprint density at radius 3 is 2.87 bits per heavy atom. The van der Waals surface area contributed by atoms with E-state index in [0.717, 1.165) is 6.42 Å². The van der Waals surface area contributed by atoms with Gasteiger partial charge in [0.2, 0.25) is 0 Å². The number of rotatable bonds is 5. The van der Waals surface area contributed by atoms with E-state index in [9.17, 15) is 8.42 Å². The van der Waals surface area contributed by atoms with E-state index in [1.54, 1.807) is 29.1 Å². The predicted molar refractivity (Wildman–Crippen MR) is 91.6 cm³/mol. The number of aromatic nitrogens is 3. The van der Waals surface area contributed by atoms with Gasteiger partial charge in [-0.25, -0.2) is 8.42 Å². The lowest BCUT2D eigenvalue weighted by Gasteiger charge is -2.05. The van der Waals surface area contributed by atoms with Crippen molar-refractivity contribution in [1.82, 2.24) is 14.8 Å². The summed E-state index contributed by atoms with van der Waals surface area (Å²) in [5, 5.41) is 5.27. The maximum Gasteiger partial charge on any atom is 0.264 e. The highest BCUT2D eigenvalue weighted by atomic mass is 35.5. The molecule has 0 amide bonds. The van der Waals surface area contributed by atoms with Gasteiger partial charge >= 0.3 is 0 Å². The van der Waals surface area contributed by atoms with Gasteiger partial charge in [0.25, 0.3) is 10.0 Å². The molecule has 0 aliphatic carbocycles. The van der Waals surface area contributed by atoms with E-state index in [1.807, 2.05) is 6.92 Å². The van der Waals surface area contributed by atoms with Crippen LogP contribution in [0.2, 0.25) is 10.2 Å². The minimum Gasteiger partial charge on any atom is -0.360 e. The second kappa shape index (κ2) is 6.07. The van der Waals surface area contributed by atoms with E-state index in [0.29, 0.717) is 22.5 Å². The first kappa shape index (κ1) is 16.2. The molecule has 0 aliphatic rings. The van der Waals surface area contributed by atoms with Gasteiger partial charge in [-0.1, -0.05) is 30.1 Å². The van der Waals surface area contributed by atoms with Gasteiger partial charge in [-0.05, 0) is 24.6 Å². The summed E-state index contributed by atoms with van der Waals surface area (Å²) in [5.74, 6) is 0. The summed E-state index contributed by atoms with van der Waals surface area (Å²) in [6.07, 6.45) is 3.87. The highest BCUT2D eigenvalue weighted by Gasteiger charge is 2.21. The van der Waals surface area contributed by atoms with E-state index in [2.05, 4.69) is 14.8 Å². The largest absolute Gasteiger partial charge is 0.360 e. The average molecular weight is 373 g/mol. The fourth-order valence-corrected chi connectivity index (χ4v) is 3.96. The van der Waals surface area contributed by atoms with Crippen LogP contribution in [0.3, 0.4) is 0 Å². The molecule has 122 valence electrons. The van der Waals surface area contributed by atoms with Crippen LogP contribution in [0.1, 0.15) is 13.3 Å². The molecule has 9 heteroatoms. The number of benzene rings is 1. The Hall–Kier alpha value is -1.70. The van der Waals surface area contributed by atoms with Gasteiger partial charge in [0, 0.05) is 28.7 Å². The van der Waals surface area contributed by atoms with E-state index in [-0.39, 0.29) is 15.7 Å². The standard InChI is InChI=1S/C14H14Cl2N4O2S/c1-2-5-20-8-12(14(16)18-20)19-23(21,22)13-7-17-11-6-9(15)3-4-10(11)13/h3-4,6-8,17,19H,2,5H2,1H3. The second-order valence-corrected chi connectivity index (χ2v) is 7.49. The summed E-state index contributed by atoms with van der Waals surface area (Å²) in [6.45, 7) is 2.66. The summed E-state index contributed by atoms with van der Waals surface area (Å²) in [4.78, 5) is 3.03. The average Bonchev–Trinajstić information content (AvgIpc) is 3.03. The minimum atomic E-state index is -3.80. The van der Waals surface area contributed by atoms with Crippen molar-refractivity contribution < 1.29 is 8.42 Å². The van der Waals surface area contributed by atoms with E-state index >= 15 is 0 Å². The van der Waals surface area contributed by atoms with E-state index in [1.165, 1.54) is 6.20 Å². The van der Waals surface area contributed by atoms with Crippen LogP contribution < -0.4 is 4.72 Å². The lowest BCUT2D eigenvalue weighted by molar-refractivity contribution is 0.601. The smallest absolute Gasteiger partial charge is 0.264 e. The Labute approximate surface area is 143 Å². The molecule has 0 unspecified atom stereocenters. The summed E-state index contributed by atoms with van der Waals surface area (Å²) >= 11 is 11.9. The Balaban J connectivity index is 1.97. The van der Waals surface area contributed by atoms with Gasteiger partial charge in [-0.2, -0.15) is 5.10 Å². The van der Waals surface area contributed by atoms with Crippen molar-refractivity contribution in [2.45, 2.75) is 24.8 Å². The van der Waals surface area contributed by atoms with Gasteiger partial charge in [-0.3, -0.25) is 9.40 Å². The summed E-state index contributed by atoms with van der Waals surface area (Å²) < 4.78 is 29.3. The SMILES string of the molecule is CCCn1cc(NS(=O)(=O)c2c[nH]c3cc(Cl)ccc23)c(Cl)n1. The first-order valence-electron chi connectivity index (χ1n) is 6.93. The highest BCUT2D eigenvalue weighted by molar-refractivity contribution is 7.93. The quantitative estimate of drug-likeness (QED) is 0.712. The molecule has 6 nitrogen and oxygen atoms in total. The molecule has 0 aliphatic heterocycles. The van der Waals surface area contributed by atoms with Crippen LogP contribution in [0.25, 0.3) is 10.9 Å². The molecule has 1 aromatic carbocycles. The molecule has 2 N–H and O–H groups in total. The summed E-state index contributed by atoms with van der Waals surface area (Å²) in [7, 11) is -3.80. The van der Waals surface area contributed by atoms with Crippen LogP contribution in [-0.2, 0) is 16.6 Å². The van der Waals surface area contributed by atoms with Crippen molar-refractivity contribution >= 4 is 49.8 Å². The zero-order valence-corrected chi connectivity index (χ0v) is 14.5. The second-order valence-electron chi connectivity index (χ2n) is 5.04. The molecule has 23 heavy (non-hydrogen) atoms. The van der Waals surface area contributed by atoms with E-state index < -0.39 is 10.0 Å². The maximum absolute atomic E-state index is 12.6. The van der Waals surface area contributed by atoms with Crippen molar-refractivity contribution in [3.63, 3.8) is 0 Å². The molecule has 0 bridgehead atoms. The van der Waals surface area contributed by atoms with Crippen LogP contribution in [0.4, 0.5) is 5.69 Å². The molecule has 0 saturated heterocycles. The zero-order chi connectivity index (χ0) is 16.6. The fraction of sp³-hybridized carbons (Fsp3) is 0.214. The van der Waals surface area contributed by atoms with Gasteiger partial charge < -0.3 is 4.98 Å². The fourth-order valence-electron chi connectivity index (χ4n) is 2.30. The number of nitrogens with one attached hydrogen (secondary N) is 2. The maximum atomic E-state index is 12.6. The Morgan fingerprint density at radius 2 is 2.13 bits per heavy atom. The molecule has 3 aromatic rings. The normalized spacial score (nSPS) is 12.0. The van der Waals surface area contributed by atoms with E-state index in [4.69, 9.17) is 23.2 Å². The van der Waals surface area contributed by atoms with Gasteiger partial charge in [0.15, 0.2) is 5.15 Å². The number of hydrogen-bond acceptors (Lipinski definition) is 3.